The number of hydrogen-bond donors (Lipinski definition) is 1. The molecule has 1 N–H and O–H groups in total. The van der Waals surface area contributed by atoms with Crippen LogP contribution in [-0.2, 0) is 16.0 Å². The molecule has 0 bridgehead atoms. The van der Waals surface area contributed by atoms with E-state index in [2.05, 4.69) is 11.1 Å². The van der Waals surface area contributed by atoms with Gasteiger partial charge in [-0.15, -0.1) is 0 Å². The van der Waals surface area contributed by atoms with E-state index >= 15 is 0 Å². The molecule has 6 rings (SSSR count). The molecule has 0 spiro atoms. The number of carbonyl (C=O) groups excluding carboxylic acids is 2. The van der Waals surface area contributed by atoms with Crippen LogP contribution in [0.5, 0.6) is 11.5 Å². The molecule has 0 unspecified atom stereocenters. The third kappa shape index (κ3) is 3.09. The molecule has 2 aromatic carbocycles. The molecule has 2 fully saturated rings. The fraction of sp³-hybridized carbons (Fsp3) is 0.385. The molecule has 2 aliphatic heterocycles. The van der Waals surface area contributed by atoms with Gasteiger partial charge in [-0.3, -0.25) is 9.59 Å². The van der Waals surface area contributed by atoms with Crippen LogP contribution in [0.1, 0.15) is 42.6 Å². The lowest BCUT2D eigenvalue weighted by molar-refractivity contribution is -0.159. The number of piperazine rings is 1. The van der Waals surface area contributed by atoms with Gasteiger partial charge < -0.3 is 24.3 Å². The highest BCUT2D eigenvalue weighted by Gasteiger charge is 2.50. The van der Waals surface area contributed by atoms with Crippen molar-refractivity contribution in [2.24, 2.45) is 0 Å². The van der Waals surface area contributed by atoms with E-state index in [1.54, 1.807) is 16.9 Å². The van der Waals surface area contributed by atoms with Crippen molar-refractivity contribution in [3.63, 3.8) is 0 Å². The van der Waals surface area contributed by atoms with E-state index in [1.807, 2.05) is 43.3 Å². The quantitative estimate of drug-likeness (QED) is 0.653. The largest absolute Gasteiger partial charge is 0.493 e. The summed E-state index contributed by atoms with van der Waals surface area (Å²) in [6.45, 7) is 2.61. The number of carbonyl (C=O) groups is 2. The van der Waals surface area contributed by atoms with Crippen LogP contribution in [0.4, 0.5) is 0 Å². The van der Waals surface area contributed by atoms with E-state index < -0.39 is 12.1 Å². The number of nitrogens with zero attached hydrogens (tertiary/aromatic N) is 2. The van der Waals surface area contributed by atoms with Crippen LogP contribution in [0.25, 0.3) is 10.9 Å². The van der Waals surface area contributed by atoms with Crippen molar-refractivity contribution in [3.8, 4) is 11.5 Å². The summed E-state index contributed by atoms with van der Waals surface area (Å²) in [4.78, 5) is 34.3. The average Bonchev–Trinajstić information content (AvgIpc) is 3.61. The second-order valence-electron chi connectivity index (χ2n) is 9.03. The zero-order valence-corrected chi connectivity index (χ0v) is 18.8. The van der Waals surface area contributed by atoms with Crippen LogP contribution in [0.15, 0.2) is 42.5 Å². The summed E-state index contributed by atoms with van der Waals surface area (Å²) in [5.74, 6) is 1.34. The minimum atomic E-state index is -0.499. The van der Waals surface area contributed by atoms with E-state index in [-0.39, 0.29) is 24.4 Å². The average molecular weight is 446 g/mol. The van der Waals surface area contributed by atoms with Gasteiger partial charge in [-0.25, -0.2) is 0 Å². The second-order valence-corrected chi connectivity index (χ2v) is 9.03. The van der Waals surface area contributed by atoms with Crippen molar-refractivity contribution in [2.75, 3.05) is 20.3 Å². The molecule has 0 radical (unpaired) electrons. The molecule has 2 atom stereocenters. The Kier molecular flexibility index (Phi) is 4.60. The second kappa shape index (κ2) is 7.54. The van der Waals surface area contributed by atoms with Gasteiger partial charge in [0.2, 0.25) is 11.8 Å². The Labute approximate surface area is 192 Å². The number of hydrogen-bond acceptors (Lipinski definition) is 4. The smallest absolute Gasteiger partial charge is 0.246 e. The van der Waals surface area contributed by atoms with Gasteiger partial charge in [-0.1, -0.05) is 24.3 Å². The molecular weight excluding hydrogens is 418 g/mol. The fourth-order valence-corrected chi connectivity index (χ4v) is 5.46. The zero-order valence-electron chi connectivity index (χ0n) is 18.8. The summed E-state index contributed by atoms with van der Waals surface area (Å²) >= 11 is 0. The molecule has 33 heavy (non-hydrogen) atoms. The maximum Gasteiger partial charge on any atom is 0.246 e. The molecule has 1 aliphatic carbocycles. The van der Waals surface area contributed by atoms with Crippen molar-refractivity contribution < 1.29 is 19.1 Å². The highest BCUT2D eigenvalue weighted by Crippen LogP contribution is 2.45. The third-order valence-electron chi connectivity index (χ3n) is 7.08. The predicted octanol–water partition coefficient (Wildman–Crippen LogP) is 3.42. The summed E-state index contributed by atoms with van der Waals surface area (Å²) in [6.07, 6.45) is 2.50. The number of ether oxygens (including phenoxy) is 2. The monoisotopic (exact) mass is 445 g/mol. The molecule has 3 aromatic rings. The first-order chi connectivity index (χ1) is 16.1. The van der Waals surface area contributed by atoms with Gasteiger partial charge in [0.1, 0.15) is 12.6 Å². The summed E-state index contributed by atoms with van der Waals surface area (Å²) < 4.78 is 11.3. The highest BCUT2D eigenvalue weighted by molar-refractivity contribution is 5.98. The van der Waals surface area contributed by atoms with E-state index in [4.69, 9.17) is 9.47 Å². The number of aromatic amines is 1. The number of para-hydroxylation sites is 1. The first kappa shape index (κ1) is 20.1. The molecule has 1 saturated carbocycles. The van der Waals surface area contributed by atoms with Gasteiger partial charge in [-0.2, -0.15) is 0 Å². The number of H-pyrrole nitrogens is 1. The molecule has 2 amide bonds. The minimum Gasteiger partial charge on any atom is -0.493 e. The van der Waals surface area contributed by atoms with Crippen molar-refractivity contribution >= 4 is 22.7 Å². The summed E-state index contributed by atoms with van der Waals surface area (Å²) in [6, 6.07) is 13.3. The molecule has 7 nitrogen and oxygen atoms in total. The van der Waals surface area contributed by atoms with Gasteiger partial charge in [0, 0.05) is 29.1 Å². The van der Waals surface area contributed by atoms with Gasteiger partial charge in [0.05, 0.1) is 19.8 Å². The first-order valence-electron chi connectivity index (χ1n) is 11.6. The van der Waals surface area contributed by atoms with Crippen molar-refractivity contribution in [2.45, 2.75) is 44.3 Å². The van der Waals surface area contributed by atoms with Crippen LogP contribution >= 0.6 is 0 Å². The SMILES string of the molecule is CCOc1ccc([C@H]2c3[nH]c4ccccc4c3C[C@H]3C(=O)N(C4CC4)CC(=O)N23)cc1OC. The van der Waals surface area contributed by atoms with E-state index in [1.165, 1.54) is 0 Å². The molecule has 3 heterocycles. The topological polar surface area (TPSA) is 74.9 Å². The van der Waals surface area contributed by atoms with Crippen molar-refractivity contribution in [1.29, 1.82) is 0 Å². The van der Waals surface area contributed by atoms with Gasteiger partial charge in [0.15, 0.2) is 11.5 Å². The fourth-order valence-electron chi connectivity index (χ4n) is 5.46. The minimum absolute atomic E-state index is 0.00587. The molecular formula is C26H27N3O4. The number of amides is 2. The summed E-state index contributed by atoms with van der Waals surface area (Å²) in [7, 11) is 1.61. The van der Waals surface area contributed by atoms with E-state index in [0.29, 0.717) is 24.5 Å². The Bertz CT molecular complexity index is 1260. The van der Waals surface area contributed by atoms with E-state index in [0.717, 1.165) is 40.6 Å². The number of nitrogens with one attached hydrogen (secondary N) is 1. The maximum atomic E-state index is 13.6. The molecule has 170 valence electrons. The van der Waals surface area contributed by atoms with Crippen molar-refractivity contribution in [3.05, 3.63) is 59.3 Å². The Morgan fingerprint density at radius 2 is 1.91 bits per heavy atom. The Morgan fingerprint density at radius 1 is 1.09 bits per heavy atom. The lowest BCUT2D eigenvalue weighted by atomic mass is 9.86. The molecule has 1 aromatic heterocycles. The molecule has 3 aliphatic rings. The predicted molar refractivity (Wildman–Crippen MR) is 123 cm³/mol. The number of rotatable bonds is 5. The number of aromatic nitrogens is 1. The summed E-state index contributed by atoms with van der Waals surface area (Å²) in [5, 5.41) is 1.11. The first-order valence-corrected chi connectivity index (χ1v) is 11.6. The number of benzene rings is 2. The van der Waals surface area contributed by atoms with Gasteiger partial charge in [-0.05, 0) is 49.1 Å². The normalized spacial score (nSPS) is 22.4. The maximum absolute atomic E-state index is 13.6. The van der Waals surface area contributed by atoms with E-state index in [9.17, 15) is 9.59 Å². The number of fused-ring (bicyclic) bond motifs is 4. The highest BCUT2D eigenvalue weighted by atomic mass is 16.5. The summed E-state index contributed by atoms with van der Waals surface area (Å²) in [5.41, 5.74) is 4.00. The standard InChI is InChI=1S/C26H27N3O4/c1-3-33-21-11-8-15(12-22(21)32-2)25-24-18(17-6-4-5-7-19(17)27-24)13-20-26(31)28(16-9-10-16)14-23(30)29(20)25/h4-8,11-12,16,20,25,27H,3,9-10,13-14H2,1-2H3/t20-,25-/m0/s1. The van der Waals surface area contributed by atoms with Crippen LogP contribution in [-0.4, -0.2) is 58.9 Å². The Balaban J connectivity index is 1.53. The van der Waals surface area contributed by atoms with Crippen LogP contribution in [0, 0.1) is 0 Å². The van der Waals surface area contributed by atoms with Gasteiger partial charge in [0.25, 0.3) is 0 Å². The Hall–Kier alpha value is -3.48. The number of methoxy groups -OCH3 is 1. The molecule has 7 heteroatoms. The van der Waals surface area contributed by atoms with Crippen LogP contribution in [0.2, 0.25) is 0 Å². The Morgan fingerprint density at radius 3 is 2.67 bits per heavy atom. The van der Waals surface area contributed by atoms with Crippen LogP contribution in [0.3, 0.4) is 0 Å². The third-order valence-corrected chi connectivity index (χ3v) is 7.08. The van der Waals surface area contributed by atoms with Gasteiger partial charge >= 0.3 is 0 Å². The molecule has 1 saturated heterocycles. The lowest BCUT2D eigenvalue weighted by Crippen LogP contribution is -2.63. The lowest BCUT2D eigenvalue weighted by Gasteiger charge is -2.47. The van der Waals surface area contributed by atoms with Crippen molar-refractivity contribution in [1.82, 2.24) is 14.8 Å². The van der Waals surface area contributed by atoms with Crippen LogP contribution < -0.4 is 9.47 Å². The zero-order chi connectivity index (χ0) is 22.7.